The van der Waals surface area contributed by atoms with Crippen molar-refractivity contribution in [3.05, 3.63) is 69.8 Å². The molecule has 0 radical (unpaired) electrons. The average molecular weight is 302 g/mol. The minimum absolute atomic E-state index is 0.0938. The van der Waals surface area contributed by atoms with Crippen LogP contribution in [0.3, 0.4) is 0 Å². The van der Waals surface area contributed by atoms with Crippen LogP contribution in [0, 0.1) is 17.0 Å². The van der Waals surface area contributed by atoms with Gasteiger partial charge in [-0.3, -0.25) is 14.9 Å². The normalized spacial score (nSPS) is 10.1. The molecule has 6 heteroatoms. The number of thioether (sulfide) groups is 1. The number of aryl methyl sites for hydroxylation is 1. The summed E-state index contributed by atoms with van der Waals surface area (Å²) in [6.45, 7) is 1.77. The Morgan fingerprint density at radius 2 is 1.95 bits per heavy atom. The maximum Gasteiger partial charge on any atom is 0.293 e. The van der Waals surface area contributed by atoms with Crippen molar-refractivity contribution in [3.63, 3.8) is 0 Å². The second-order valence-corrected chi connectivity index (χ2v) is 5.41. The third-order valence-corrected chi connectivity index (χ3v) is 3.64. The van der Waals surface area contributed by atoms with Crippen LogP contribution in [0.1, 0.15) is 11.1 Å². The fourth-order valence-corrected chi connectivity index (χ4v) is 2.44. The number of anilines is 1. The van der Waals surface area contributed by atoms with E-state index >= 15 is 0 Å². The maximum atomic E-state index is 11.9. The number of nitro benzene ring substituents is 1. The lowest BCUT2D eigenvalue weighted by Gasteiger charge is -2.06. The molecule has 1 amide bonds. The number of carbonyl (C=O) groups is 1. The Bertz CT molecular complexity index is 659. The number of nitro groups is 1. The summed E-state index contributed by atoms with van der Waals surface area (Å²) >= 11 is 1.08. The van der Waals surface area contributed by atoms with Gasteiger partial charge < -0.3 is 5.32 Å². The van der Waals surface area contributed by atoms with Crippen molar-refractivity contribution < 1.29 is 9.72 Å². The molecule has 2 aromatic rings. The Kier molecular flexibility index (Phi) is 4.94. The summed E-state index contributed by atoms with van der Waals surface area (Å²) in [5.41, 5.74) is 1.92. The summed E-state index contributed by atoms with van der Waals surface area (Å²) < 4.78 is 0. The highest BCUT2D eigenvalue weighted by Crippen LogP contribution is 2.26. The van der Waals surface area contributed by atoms with Crippen molar-refractivity contribution in [2.75, 3.05) is 5.32 Å². The van der Waals surface area contributed by atoms with Crippen LogP contribution < -0.4 is 5.32 Å². The summed E-state index contributed by atoms with van der Waals surface area (Å²) in [7, 11) is 0. The number of carbonyl (C=O) groups excluding carboxylic acids is 1. The molecule has 0 saturated carbocycles. The van der Waals surface area contributed by atoms with Gasteiger partial charge in [0, 0.05) is 11.8 Å². The van der Waals surface area contributed by atoms with Crippen molar-refractivity contribution in [1.29, 1.82) is 0 Å². The van der Waals surface area contributed by atoms with Gasteiger partial charge in [-0.15, -0.1) is 0 Å². The average Bonchev–Trinajstić information content (AvgIpc) is 2.48. The van der Waals surface area contributed by atoms with Gasteiger partial charge in [0.1, 0.15) is 5.69 Å². The smallest absolute Gasteiger partial charge is 0.293 e. The Morgan fingerprint density at radius 1 is 1.24 bits per heavy atom. The first kappa shape index (κ1) is 15.1. The molecule has 0 bridgehead atoms. The number of benzene rings is 2. The van der Waals surface area contributed by atoms with Crippen molar-refractivity contribution in [3.8, 4) is 0 Å². The predicted molar refractivity (Wildman–Crippen MR) is 84.6 cm³/mol. The summed E-state index contributed by atoms with van der Waals surface area (Å²) in [5.74, 6) is 0.520. The monoisotopic (exact) mass is 302 g/mol. The topological polar surface area (TPSA) is 72.2 Å². The molecular formula is C15H14N2O3S. The number of hydrogen-bond acceptors (Lipinski definition) is 4. The molecule has 21 heavy (non-hydrogen) atoms. The van der Waals surface area contributed by atoms with Crippen molar-refractivity contribution >= 4 is 28.4 Å². The number of nitrogens with one attached hydrogen (secondary N) is 1. The molecule has 2 rings (SSSR count). The first-order valence-corrected chi connectivity index (χ1v) is 7.27. The second-order valence-electron chi connectivity index (χ2n) is 4.46. The molecule has 0 aliphatic heterocycles. The minimum atomic E-state index is -0.496. The van der Waals surface area contributed by atoms with Crippen LogP contribution in [0.2, 0.25) is 0 Å². The molecule has 0 heterocycles. The SMILES string of the molecule is Cc1ccc(NC(=O)SCc2ccccc2)c([N+](=O)[O-])c1. The van der Waals surface area contributed by atoms with Gasteiger partial charge in [0.15, 0.2) is 0 Å². The van der Waals surface area contributed by atoms with E-state index in [2.05, 4.69) is 5.32 Å². The summed E-state index contributed by atoms with van der Waals surface area (Å²) in [6.07, 6.45) is 0. The molecule has 0 aliphatic carbocycles. The highest BCUT2D eigenvalue weighted by molar-refractivity contribution is 8.13. The van der Waals surface area contributed by atoms with E-state index in [4.69, 9.17) is 0 Å². The molecule has 0 aromatic heterocycles. The van der Waals surface area contributed by atoms with Crippen LogP contribution >= 0.6 is 11.8 Å². The molecular weight excluding hydrogens is 288 g/mol. The van der Waals surface area contributed by atoms with Crippen molar-refractivity contribution in [2.24, 2.45) is 0 Å². The molecule has 0 atom stereocenters. The van der Waals surface area contributed by atoms with Crippen LogP contribution in [-0.2, 0) is 5.75 Å². The Balaban J connectivity index is 2.01. The summed E-state index contributed by atoms with van der Waals surface area (Å²) in [4.78, 5) is 22.4. The Hall–Kier alpha value is -2.34. The molecule has 0 aliphatic rings. The second kappa shape index (κ2) is 6.90. The van der Waals surface area contributed by atoms with E-state index < -0.39 is 4.92 Å². The fraction of sp³-hybridized carbons (Fsp3) is 0.133. The molecule has 0 unspecified atom stereocenters. The molecule has 108 valence electrons. The van der Waals surface area contributed by atoms with Gasteiger partial charge in [0.25, 0.3) is 10.9 Å². The largest absolute Gasteiger partial charge is 0.311 e. The van der Waals surface area contributed by atoms with Gasteiger partial charge in [-0.1, -0.05) is 48.2 Å². The fourth-order valence-electron chi connectivity index (χ4n) is 1.77. The molecule has 2 aromatic carbocycles. The molecule has 0 saturated heterocycles. The van der Waals surface area contributed by atoms with E-state index in [0.717, 1.165) is 22.9 Å². The molecule has 5 nitrogen and oxygen atoms in total. The van der Waals surface area contributed by atoms with Gasteiger partial charge >= 0.3 is 0 Å². The van der Waals surface area contributed by atoms with Gasteiger partial charge in [0.2, 0.25) is 0 Å². The first-order chi connectivity index (χ1) is 10.1. The van der Waals surface area contributed by atoms with E-state index in [1.807, 2.05) is 30.3 Å². The zero-order valence-electron chi connectivity index (χ0n) is 11.4. The van der Waals surface area contributed by atoms with Gasteiger partial charge in [-0.2, -0.15) is 0 Å². The zero-order valence-corrected chi connectivity index (χ0v) is 12.2. The van der Waals surface area contributed by atoms with Crippen LogP contribution in [0.15, 0.2) is 48.5 Å². The van der Waals surface area contributed by atoms with Gasteiger partial charge in [-0.25, -0.2) is 0 Å². The third-order valence-electron chi connectivity index (χ3n) is 2.80. The van der Waals surface area contributed by atoms with Gasteiger partial charge in [0.05, 0.1) is 4.92 Å². The standard InChI is InChI=1S/C15H14N2O3S/c1-11-7-8-13(14(9-11)17(19)20)16-15(18)21-10-12-5-3-2-4-6-12/h2-9H,10H2,1H3,(H,16,18). The lowest BCUT2D eigenvalue weighted by molar-refractivity contribution is -0.384. The predicted octanol–water partition coefficient (Wildman–Crippen LogP) is 4.37. The molecule has 0 fully saturated rings. The maximum absolute atomic E-state index is 11.9. The van der Waals surface area contributed by atoms with Crippen LogP contribution in [0.5, 0.6) is 0 Å². The van der Waals surface area contributed by atoms with E-state index in [0.29, 0.717) is 5.75 Å². The minimum Gasteiger partial charge on any atom is -0.311 e. The highest BCUT2D eigenvalue weighted by atomic mass is 32.2. The van der Waals surface area contributed by atoms with Crippen LogP contribution in [0.25, 0.3) is 0 Å². The van der Waals surface area contributed by atoms with E-state index in [-0.39, 0.29) is 16.6 Å². The first-order valence-electron chi connectivity index (χ1n) is 6.29. The van der Waals surface area contributed by atoms with Crippen LogP contribution in [0.4, 0.5) is 16.2 Å². The zero-order chi connectivity index (χ0) is 15.2. The quantitative estimate of drug-likeness (QED) is 0.672. The number of amides is 1. The van der Waals surface area contributed by atoms with E-state index in [9.17, 15) is 14.9 Å². The third kappa shape index (κ3) is 4.32. The molecule has 0 spiro atoms. The Morgan fingerprint density at radius 3 is 2.62 bits per heavy atom. The summed E-state index contributed by atoms with van der Waals surface area (Å²) in [5, 5.41) is 13.2. The van der Waals surface area contributed by atoms with Crippen molar-refractivity contribution in [2.45, 2.75) is 12.7 Å². The lowest BCUT2D eigenvalue weighted by Crippen LogP contribution is -2.07. The highest BCUT2D eigenvalue weighted by Gasteiger charge is 2.16. The van der Waals surface area contributed by atoms with Crippen molar-refractivity contribution in [1.82, 2.24) is 0 Å². The summed E-state index contributed by atoms with van der Waals surface area (Å²) in [6, 6.07) is 14.3. The number of rotatable bonds is 4. The lowest BCUT2D eigenvalue weighted by atomic mass is 10.2. The number of nitrogens with zero attached hydrogens (tertiary/aromatic N) is 1. The Labute approximate surface area is 126 Å². The van der Waals surface area contributed by atoms with Gasteiger partial charge in [-0.05, 0) is 24.1 Å². The van der Waals surface area contributed by atoms with E-state index in [1.165, 1.54) is 6.07 Å². The molecule has 1 N–H and O–H groups in total. The van der Waals surface area contributed by atoms with Crippen LogP contribution in [-0.4, -0.2) is 10.2 Å². The number of hydrogen-bond donors (Lipinski definition) is 1. The van der Waals surface area contributed by atoms with E-state index in [1.54, 1.807) is 19.1 Å².